The molecule has 0 radical (unpaired) electrons. The average molecular weight is 284 g/mol. The number of carboxylic acid groups (broad SMARTS) is 1. The highest BCUT2D eigenvalue weighted by Crippen LogP contribution is 2.30. The number of hydrogen-bond donors (Lipinski definition) is 1. The molecule has 1 aliphatic heterocycles. The monoisotopic (exact) mass is 284 g/mol. The van der Waals surface area contributed by atoms with Crippen LogP contribution in [0, 0.1) is 0 Å². The van der Waals surface area contributed by atoms with Gasteiger partial charge in [0.15, 0.2) is 0 Å². The molecule has 0 aromatic rings. The van der Waals surface area contributed by atoms with E-state index in [9.17, 15) is 9.90 Å². The Hall–Kier alpha value is -0.810. The quantitative estimate of drug-likeness (QED) is 0.846. The Balaban J connectivity index is 1.91. The minimum Gasteiger partial charge on any atom is -0.465 e. The Morgan fingerprint density at radius 3 is 2.15 bits per heavy atom. The fourth-order valence-electron chi connectivity index (χ4n) is 3.62. The number of rotatable bonds is 2. The highest BCUT2D eigenvalue weighted by molar-refractivity contribution is 5.66. The summed E-state index contributed by atoms with van der Waals surface area (Å²) in [7, 11) is 0. The van der Waals surface area contributed by atoms with E-state index < -0.39 is 6.09 Å². The summed E-state index contributed by atoms with van der Waals surface area (Å²) in [6.07, 6.45) is 3.37. The molecule has 20 heavy (non-hydrogen) atoms. The van der Waals surface area contributed by atoms with Gasteiger partial charge in [-0.15, -0.1) is 0 Å². The topological polar surface area (TPSA) is 53.0 Å². The van der Waals surface area contributed by atoms with E-state index in [1.165, 1.54) is 0 Å². The lowest BCUT2D eigenvalue weighted by Gasteiger charge is -2.45. The van der Waals surface area contributed by atoms with Crippen LogP contribution in [-0.2, 0) is 4.74 Å². The molecule has 2 fully saturated rings. The molecule has 5 nitrogen and oxygen atoms in total. The Morgan fingerprint density at radius 2 is 1.70 bits per heavy atom. The largest absolute Gasteiger partial charge is 0.465 e. The van der Waals surface area contributed by atoms with Gasteiger partial charge in [-0.3, -0.25) is 4.90 Å². The van der Waals surface area contributed by atoms with Crippen molar-refractivity contribution >= 4 is 6.09 Å². The van der Waals surface area contributed by atoms with Crippen LogP contribution in [0.4, 0.5) is 4.79 Å². The van der Waals surface area contributed by atoms with Gasteiger partial charge in [0, 0.05) is 30.7 Å². The zero-order chi connectivity index (χ0) is 14.8. The second kappa shape index (κ2) is 6.31. The van der Waals surface area contributed by atoms with Crippen LogP contribution in [0.5, 0.6) is 0 Å². The smallest absolute Gasteiger partial charge is 0.407 e. The van der Waals surface area contributed by atoms with Crippen LogP contribution in [-0.4, -0.2) is 64.9 Å². The standard InChI is InChI=1S/C15H28N2O3/c1-15(2,3)17(14(18)19)13-6-4-12(5-7-13)16-8-10-20-11-9-16/h12-13H,4-11H2,1-3H3,(H,18,19)/t12-,13-. The van der Waals surface area contributed by atoms with Gasteiger partial charge >= 0.3 is 6.09 Å². The summed E-state index contributed by atoms with van der Waals surface area (Å²) in [5.41, 5.74) is -0.317. The van der Waals surface area contributed by atoms with Gasteiger partial charge in [0.05, 0.1) is 13.2 Å². The number of carbonyl (C=O) groups is 1. The lowest BCUT2D eigenvalue weighted by molar-refractivity contribution is -0.00486. The van der Waals surface area contributed by atoms with E-state index in [0.717, 1.165) is 52.0 Å². The van der Waals surface area contributed by atoms with Crippen molar-refractivity contribution in [2.24, 2.45) is 0 Å². The normalized spacial score (nSPS) is 29.1. The molecule has 0 atom stereocenters. The van der Waals surface area contributed by atoms with E-state index in [4.69, 9.17) is 4.74 Å². The molecular formula is C15H28N2O3. The van der Waals surface area contributed by atoms with Crippen LogP contribution >= 0.6 is 0 Å². The molecule has 1 N–H and O–H groups in total. The summed E-state index contributed by atoms with van der Waals surface area (Å²) in [5, 5.41) is 9.47. The number of ether oxygens (including phenoxy) is 1. The van der Waals surface area contributed by atoms with Gasteiger partial charge in [0.25, 0.3) is 0 Å². The molecule has 2 rings (SSSR count). The summed E-state index contributed by atoms with van der Waals surface area (Å²) < 4.78 is 5.40. The van der Waals surface area contributed by atoms with Crippen LogP contribution in [0.2, 0.25) is 0 Å². The second-order valence-electron chi connectivity index (χ2n) is 6.93. The van der Waals surface area contributed by atoms with Crippen molar-refractivity contribution in [2.75, 3.05) is 26.3 Å². The lowest BCUT2D eigenvalue weighted by Crippen LogP contribution is -2.54. The number of amides is 1. The van der Waals surface area contributed by atoms with Crippen molar-refractivity contribution in [3.8, 4) is 0 Å². The zero-order valence-electron chi connectivity index (χ0n) is 13.0. The molecule has 0 aromatic carbocycles. The average Bonchev–Trinajstić information content (AvgIpc) is 2.38. The third-order valence-electron chi connectivity index (χ3n) is 4.52. The molecule has 1 amide bonds. The van der Waals surface area contributed by atoms with E-state index in [2.05, 4.69) is 4.90 Å². The Kier molecular flexibility index (Phi) is 4.91. The van der Waals surface area contributed by atoms with E-state index in [0.29, 0.717) is 6.04 Å². The van der Waals surface area contributed by atoms with Crippen molar-refractivity contribution in [2.45, 2.75) is 64.1 Å². The summed E-state index contributed by atoms with van der Waals surface area (Å²) in [4.78, 5) is 15.7. The SMILES string of the molecule is CC(C)(C)N(C(=O)O)[C@H]1CC[C@H](N2CCOCC2)CC1. The van der Waals surface area contributed by atoms with Crippen molar-refractivity contribution in [3.63, 3.8) is 0 Å². The van der Waals surface area contributed by atoms with Crippen molar-refractivity contribution in [1.82, 2.24) is 9.80 Å². The fraction of sp³-hybridized carbons (Fsp3) is 0.933. The molecule has 116 valence electrons. The molecule has 5 heteroatoms. The van der Waals surface area contributed by atoms with E-state index >= 15 is 0 Å². The van der Waals surface area contributed by atoms with Crippen LogP contribution < -0.4 is 0 Å². The molecule has 0 bridgehead atoms. The molecule has 1 saturated carbocycles. The van der Waals surface area contributed by atoms with Gasteiger partial charge in [0.1, 0.15) is 0 Å². The molecule has 2 aliphatic rings. The van der Waals surface area contributed by atoms with Gasteiger partial charge in [-0.1, -0.05) is 0 Å². The Bertz CT molecular complexity index is 327. The molecule has 0 aromatic heterocycles. The molecule has 1 saturated heterocycles. The predicted octanol–water partition coefficient (Wildman–Crippen LogP) is 2.41. The molecule has 1 aliphatic carbocycles. The van der Waals surface area contributed by atoms with Gasteiger partial charge in [0.2, 0.25) is 0 Å². The first kappa shape index (κ1) is 15.6. The highest BCUT2D eigenvalue weighted by atomic mass is 16.5. The molecular weight excluding hydrogens is 256 g/mol. The predicted molar refractivity (Wildman–Crippen MR) is 78.1 cm³/mol. The van der Waals surface area contributed by atoms with E-state index in [1.54, 1.807) is 4.90 Å². The van der Waals surface area contributed by atoms with Crippen LogP contribution in [0.3, 0.4) is 0 Å². The van der Waals surface area contributed by atoms with Crippen LogP contribution in [0.15, 0.2) is 0 Å². The van der Waals surface area contributed by atoms with Crippen molar-refractivity contribution in [3.05, 3.63) is 0 Å². The third-order valence-corrected chi connectivity index (χ3v) is 4.52. The number of hydrogen-bond acceptors (Lipinski definition) is 3. The minimum atomic E-state index is -0.785. The summed E-state index contributed by atoms with van der Waals surface area (Å²) in [6, 6.07) is 0.788. The van der Waals surface area contributed by atoms with Crippen LogP contribution in [0.1, 0.15) is 46.5 Å². The van der Waals surface area contributed by atoms with Crippen molar-refractivity contribution in [1.29, 1.82) is 0 Å². The highest BCUT2D eigenvalue weighted by Gasteiger charge is 2.36. The fourth-order valence-corrected chi connectivity index (χ4v) is 3.62. The van der Waals surface area contributed by atoms with Gasteiger partial charge in [-0.2, -0.15) is 0 Å². The van der Waals surface area contributed by atoms with Gasteiger partial charge < -0.3 is 14.7 Å². The van der Waals surface area contributed by atoms with Gasteiger partial charge in [-0.25, -0.2) is 4.79 Å². The Morgan fingerprint density at radius 1 is 1.15 bits per heavy atom. The van der Waals surface area contributed by atoms with Crippen molar-refractivity contribution < 1.29 is 14.6 Å². The summed E-state index contributed by atoms with van der Waals surface area (Å²) in [6.45, 7) is 9.67. The first-order valence-electron chi connectivity index (χ1n) is 7.73. The molecule has 0 unspecified atom stereocenters. The third kappa shape index (κ3) is 3.64. The Labute approximate surface area is 121 Å². The first-order valence-corrected chi connectivity index (χ1v) is 7.73. The molecule has 0 spiro atoms. The second-order valence-corrected chi connectivity index (χ2v) is 6.93. The minimum absolute atomic E-state index is 0.171. The van der Waals surface area contributed by atoms with Crippen LogP contribution in [0.25, 0.3) is 0 Å². The summed E-state index contributed by atoms with van der Waals surface area (Å²) >= 11 is 0. The lowest BCUT2D eigenvalue weighted by atomic mass is 9.87. The summed E-state index contributed by atoms with van der Waals surface area (Å²) in [5.74, 6) is 0. The number of nitrogens with zero attached hydrogens (tertiary/aromatic N) is 2. The maximum absolute atomic E-state index is 11.5. The zero-order valence-corrected chi connectivity index (χ0v) is 13.0. The van der Waals surface area contributed by atoms with E-state index in [-0.39, 0.29) is 11.6 Å². The maximum Gasteiger partial charge on any atom is 0.407 e. The van der Waals surface area contributed by atoms with E-state index in [1.807, 2.05) is 20.8 Å². The first-order chi connectivity index (χ1) is 9.39. The molecule has 1 heterocycles. The maximum atomic E-state index is 11.5. The van der Waals surface area contributed by atoms with Gasteiger partial charge in [-0.05, 0) is 46.5 Å². The number of morpholine rings is 1.